The van der Waals surface area contributed by atoms with Crippen molar-refractivity contribution in [2.75, 3.05) is 6.54 Å². The minimum Gasteiger partial charge on any atom is -0.354 e. The van der Waals surface area contributed by atoms with Crippen molar-refractivity contribution >= 4 is 11.8 Å². The van der Waals surface area contributed by atoms with Crippen LogP contribution in [0.4, 0.5) is 0 Å². The van der Waals surface area contributed by atoms with Gasteiger partial charge in [0.1, 0.15) is 6.04 Å². The third-order valence-corrected chi connectivity index (χ3v) is 4.41. The van der Waals surface area contributed by atoms with Gasteiger partial charge in [0.2, 0.25) is 5.91 Å². The number of carbonyl (C=O) groups is 2. The van der Waals surface area contributed by atoms with Gasteiger partial charge in [-0.3, -0.25) is 9.59 Å². The molecule has 0 aliphatic rings. The average Bonchev–Trinajstić information content (AvgIpc) is 2.64. The van der Waals surface area contributed by atoms with Gasteiger partial charge in [-0.2, -0.15) is 0 Å². The van der Waals surface area contributed by atoms with E-state index in [0.717, 1.165) is 18.4 Å². The highest BCUT2D eigenvalue weighted by atomic mass is 16.2. The molecule has 0 heterocycles. The molecule has 0 saturated heterocycles. The van der Waals surface area contributed by atoms with Crippen LogP contribution in [-0.4, -0.2) is 24.4 Å². The first-order chi connectivity index (χ1) is 12.5. The molecule has 2 amide bonds. The first-order valence-corrected chi connectivity index (χ1v) is 9.17. The molecular formula is C22H28N2O2. The van der Waals surface area contributed by atoms with E-state index in [1.54, 1.807) is 6.07 Å². The van der Waals surface area contributed by atoms with Crippen LogP contribution in [0.15, 0.2) is 54.6 Å². The Balaban J connectivity index is 1.87. The molecule has 0 fully saturated rings. The molecule has 4 nitrogen and oxygen atoms in total. The zero-order valence-corrected chi connectivity index (χ0v) is 15.8. The Morgan fingerprint density at radius 1 is 0.962 bits per heavy atom. The van der Waals surface area contributed by atoms with Crippen molar-refractivity contribution in [2.24, 2.45) is 5.92 Å². The van der Waals surface area contributed by atoms with Crippen LogP contribution in [0, 0.1) is 12.8 Å². The number of benzene rings is 2. The molecule has 0 radical (unpaired) electrons. The van der Waals surface area contributed by atoms with Gasteiger partial charge in [-0.15, -0.1) is 0 Å². The van der Waals surface area contributed by atoms with Crippen molar-refractivity contribution in [1.29, 1.82) is 0 Å². The Kier molecular flexibility index (Phi) is 7.39. The molecule has 1 atom stereocenters. The van der Waals surface area contributed by atoms with E-state index in [9.17, 15) is 9.59 Å². The molecule has 0 spiro atoms. The molecule has 1 unspecified atom stereocenters. The zero-order valence-electron chi connectivity index (χ0n) is 15.8. The summed E-state index contributed by atoms with van der Waals surface area (Å²) in [5.74, 6) is -0.326. The predicted molar refractivity (Wildman–Crippen MR) is 105 cm³/mol. The van der Waals surface area contributed by atoms with Crippen LogP contribution in [0.2, 0.25) is 0 Å². The standard InChI is InChI=1S/C22H28N2O2/c1-16(2)20(24-21(25)19-14-8-7-10-17(19)3)22(26)23-15-9-13-18-11-5-4-6-12-18/h4-8,10-12,14,16,20H,9,13,15H2,1-3H3,(H,23,26)(H,24,25). The van der Waals surface area contributed by atoms with Crippen molar-refractivity contribution in [3.8, 4) is 0 Å². The molecule has 0 bridgehead atoms. The van der Waals surface area contributed by atoms with Gasteiger partial charge in [-0.1, -0.05) is 62.4 Å². The summed E-state index contributed by atoms with van der Waals surface area (Å²) in [4.78, 5) is 25.0. The van der Waals surface area contributed by atoms with E-state index >= 15 is 0 Å². The SMILES string of the molecule is Cc1ccccc1C(=O)NC(C(=O)NCCCc1ccccc1)C(C)C. The van der Waals surface area contributed by atoms with Gasteiger partial charge in [0.25, 0.3) is 5.91 Å². The minimum absolute atomic E-state index is 0.0112. The quantitative estimate of drug-likeness (QED) is 0.715. The van der Waals surface area contributed by atoms with Crippen LogP contribution in [0.3, 0.4) is 0 Å². The van der Waals surface area contributed by atoms with Gasteiger partial charge < -0.3 is 10.6 Å². The predicted octanol–water partition coefficient (Wildman–Crippen LogP) is 3.50. The number of hydrogen-bond donors (Lipinski definition) is 2. The summed E-state index contributed by atoms with van der Waals surface area (Å²) < 4.78 is 0. The van der Waals surface area contributed by atoms with Crippen molar-refractivity contribution in [3.63, 3.8) is 0 Å². The molecule has 0 aliphatic carbocycles. The summed E-state index contributed by atoms with van der Waals surface area (Å²) in [6.45, 7) is 6.36. The van der Waals surface area contributed by atoms with Crippen LogP contribution in [-0.2, 0) is 11.2 Å². The molecule has 2 aromatic rings. The summed E-state index contributed by atoms with van der Waals surface area (Å²) in [6, 6.07) is 17.1. The van der Waals surface area contributed by atoms with Gasteiger partial charge in [0, 0.05) is 12.1 Å². The summed E-state index contributed by atoms with van der Waals surface area (Å²) in [7, 11) is 0. The van der Waals surface area contributed by atoms with E-state index in [1.165, 1.54) is 5.56 Å². The van der Waals surface area contributed by atoms with E-state index in [-0.39, 0.29) is 17.7 Å². The summed E-state index contributed by atoms with van der Waals surface area (Å²) >= 11 is 0. The maximum Gasteiger partial charge on any atom is 0.252 e. The molecule has 2 aromatic carbocycles. The van der Waals surface area contributed by atoms with Gasteiger partial charge >= 0.3 is 0 Å². The lowest BCUT2D eigenvalue weighted by molar-refractivity contribution is -0.123. The second kappa shape index (κ2) is 9.76. The van der Waals surface area contributed by atoms with Gasteiger partial charge in [0.05, 0.1) is 0 Å². The van der Waals surface area contributed by atoms with E-state index in [1.807, 2.05) is 57.2 Å². The zero-order chi connectivity index (χ0) is 18.9. The maximum atomic E-state index is 12.5. The first kappa shape index (κ1) is 19.7. The van der Waals surface area contributed by atoms with Crippen molar-refractivity contribution in [3.05, 3.63) is 71.3 Å². The second-order valence-electron chi connectivity index (χ2n) is 6.89. The topological polar surface area (TPSA) is 58.2 Å². The van der Waals surface area contributed by atoms with E-state index in [2.05, 4.69) is 22.8 Å². The van der Waals surface area contributed by atoms with Crippen LogP contribution in [0.25, 0.3) is 0 Å². The molecule has 0 aliphatic heterocycles. The van der Waals surface area contributed by atoms with Crippen LogP contribution in [0.5, 0.6) is 0 Å². The molecule has 138 valence electrons. The van der Waals surface area contributed by atoms with E-state index in [0.29, 0.717) is 12.1 Å². The monoisotopic (exact) mass is 352 g/mol. The lowest BCUT2D eigenvalue weighted by Gasteiger charge is -2.22. The van der Waals surface area contributed by atoms with Crippen LogP contribution >= 0.6 is 0 Å². The van der Waals surface area contributed by atoms with Crippen molar-refractivity contribution in [1.82, 2.24) is 10.6 Å². The smallest absolute Gasteiger partial charge is 0.252 e. The normalized spacial score (nSPS) is 11.8. The molecule has 26 heavy (non-hydrogen) atoms. The second-order valence-corrected chi connectivity index (χ2v) is 6.89. The molecular weight excluding hydrogens is 324 g/mol. The number of amides is 2. The average molecular weight is 352 g/mol. The van der Waals surface area contributed by atoms with Gasteiger partial charge in [-0.05, 0) is 42.9 Å². The number of aryl methyl sites for hydroxylation is 2. The van der Waals surface area contributed by atoms with E-state index in [4.69, 9.17) is 0 Å². The Bertz CT molecular complexity index is 726. The molecule has 0 saturated carbocycles. The molecule has 0 aromatic heterocycles. The lowest BCUT2D eigenvalue weighted by atomic mass is 10.0. The third kappa shape index (κ3) is 5.73. The first-order valence-electron chi connectivity index (χ1n) is 9.17. The highest BCUT2D eigenvalue weighted by molar-refractivity contribution is 5.98. The Morgan fingerprint density at radius 3 is 2.27 bits per heavy atom. The van der Waals surface area contributed by atoms with Crippen molar-refractivity contribution < 1.29 is 9.59 Å². The number of hydrogen-bond acceptors (Lipinski definition) is 2. The highest BCUT2D eigenvalue weighted by Crippen LogP contribution is 2.09. The number of carbonyl (C=O) groups excluding carboxylic acids is 2. The lowest BCUT2D eigenvalue weighted by Crippen LogP contribution is -2.50. The Hall–Kier alpha value is -2.62. The van der Waals surface area contributed by atoms with Crippen molar-refractivity contribution in [2.45, 2.75) is 39.7 Å². The number of nitrogens with one attached hydrogen (secondary N) is 2. The largest absolute Gasteiger partial charge is 0.354 e. The fourth-order valence-electron chi connectivity index (χ4n) is 2.84. The Morgan fingerprint density at radius 2 is 1.62 bits per heavy atom. The summed E-state index contributed by atoms with van der Waals surface area (Å²) in [5, 5.41) is 5.83. The molecule has 4 heteroatoms. The number of rotatable bonds is 8. The van der Waals surface area contributed by atoms with Crippen LogP contribution < -0.4 is 10.6 Å². The molecule has 2 N–H and O–H groups in total. The van der Waals surface area contributed by atoms with Crippen LogP contribution in [0.1, 0.15) is 41.8 Å². The fraction of sp³-hybridized carbons (Fsp3) is 0.364. The van der Waals surface area contributed by atoms with E-state index < -0.39 is 6.04 Å². The summed E-state index contributed by atoms with van der Waals surface area (Å²) in [5.41, 5.74) is 2.76. The minimum atomic E-state index is -0.543. The Labute approximate surface area is 156 Å². The summed E-state index contributed by atoms with van der Waals surface area (Å²) in [6.07, 6.45) is 1.79. The highest BCUT2D eigenvalue weighted by Gasteiger charge is 2.24. The maximum absolute atomic E-state index is 12.5. The molecule has 2 rings (SSSR count). The van der Waals surface area contributed by atoms with Gasteiger partial charge in [0.15, 0.2) is 0 Å². The van der Waals surface area contributed by atoms with Gasteiger partial charge in [-0.25, -0.2) is 0 Å². The third-order valence-electron chi connectivity index (χ3n) is 4.41. The fourth-order valence-corrected chi connectivity index (χ4v) is 2.84.